The van der Waals surface area contributed by atoms with Crippen molar-refractivity contribution in [3.63, 3.8) is 0 Å². The Morgan fingerprint density at radius 1 is 0.909 bits per heavy atom. The molecule has 13 nitrogen and oxygen atoms in total. The van der Waals surface area contributed by atoms with Gasteiger partial charge < -0.3 is 9.30 Å². The van der Waals surface area contributed by atoms with Gasteiger partial charge in [0.25, 0.3) is 17.5 Å². The van der Waals surface area contributed by atoms with Gasteiger partial charge >= 0.3 is 11.7 Å². The Kier molecular flexibility index (Phi) is 7.91. The molecule has 1 fully saturated rings. The molecule has 1 aliphatic heterocycles. The number of benzene rings is 3. The third-order valence-corrected chi connectivity index (χ3v) is 7.53. The molecule has 0 atom stereocenters. The van der Waals surface area contributed by atoms with Crippen molar-refractivity contribution in [3.8, 4) is 17.2 Å². The summed E-state index contributed by atoms with van der Waals surface area (Å²) in [6.45, 7) is 3.58. The molecule has 0 spiro atoms. The molecule has 15 heteroatoms. The number of nitrogens with zero attached hydrogens (tertiary/aromatic N) is 4. The number of imide groups is 2. The maximum absolute atomic E-state index is 13.4. The monoisotopic (exact) mass is 635 g/mol. The summed E-state index contributed by atoms with van der Waals surface area (Å²) in [5.74, 6) is -1.68. The molecular weight excluding hydrogens is 617 g/mol. The molecule has 3 aromatic carbocycles. The van der Waals surface area contributed by atoms with E-state index in [-0.39, 0.29) is 32.8 Å². The highest BCUT2D eigenvalue weighted by atomic mass is 35.5. The smallest absolute Gasteiger partial charge is 0.336 e. The number of carbonyl (C=O) groups is 3. The number of anilines is 1. The van der Waals surface area contributed by atoms with E-state index >= 15 is 0 Å². The summed E-state index contributed by atoms with van der Waals surface area (Å²) in [5, 5.41) is 24.7. The van der Waals surface area contributed by atoms with Crippen molar-refractivity contribution >= 4 is 64.2 Å². The van der Waals surface area contributed by atoms with Crippen molar-refractivity contribution < 1.29 is 29.0 Å². The lowest BCUT2D eigenvalue weighted by Gasteiger charge is -2.27. The summed E-state index contributed by atoms with van der Waals surface area (Å²) in [4.78, 5) is 60.4. The molecule has 0 saturated carbocycles. The van der Waals surface area contributed by atoms with Crippen LogP contribution in [0.15, 0.2) is 72.3 Å². The third kappa shape index (κ3) is 5.48. The maximum atomic E-state index is 13.4. The standard InChI is InChI=1S/C29H19Cl2N5O8/c1-15-12-17(13-21-27(37)32-29(39)34(28(21)38)23-5-3-4-22(30)26(23)31)16(2)33(15)18-6-9-20(10-7-18)44-25-11-8-19(35(40)41)14-24(25)36(42)43/h3-14H,1-2H3,(H,32,37,39)/b21-13+. The van der Waals surface area contributed by atoms with Gasteiger partial charge in [0.15, 0.2) is 0 Å². The molecule has 1 aromatic heterocycles. The fourth-order valence-electron chi connectivity index (χ4n) is 4.67. The maximum Gasteiger partial charge on any atom is 0.336 e. The number of urea groups is 1. The number of nitro groups is 2. The number of halogens is 2. The van der Waals surface area contributed by atoms with Crippen molar-refractivity contribution in [2.75, 3.05) is 4.90 Å². The number of nitrogens with one attached hydrogen (secondary N) is 1. The van der Waals surface area contributed by atoms with Crippen molar-refractivity contribution in [2.24, 2.45) is 0 Å². The first-order valence-corrected chi connectivity index (χ1v) is 13.4. The van der Waals surface area contributed by atoms with Crippen molar-refractivity contribution in [2.45, 2.75) is 13.8 Å². The van der Waals surface area contributed by atoms with Gasteiger partial charge in [0.05, 0.1) is 31.6 Å². The SMILES string of the molecule is Cc1cc(/C=C2\C(=O)NC(=O)N(c3cccc(Cl)c3Cl)C2=O)c(C)n1-c1ccc(Oc2ccc([N+](=O)[O-])cc2[N+](=O)[O-])cc1. The summed E-state index contributed by atoms with van der Waals surface area (Å²) < 4.78 is 7.48. The van der Waals surface area contributed by atoms with Gasteiger partial charge in [-0.15, -0.1) is 0 Å². The van der Waals surface area contributed by atoms with Crippen molar-refractivity contribution in [1.29, 1.82) is 0 Å². The Balaban J connectivity index is 1.44. The highest BCUT2D eigenvalue weighted by molar-refractivity contribution is 6.46. The van der Waals surface area contributed by atoms with E-state index in [9.17, 15) is 34.6 Å². The average Bonchev–Trinajstić information content (AvgIpc) is 3.25. The zero-order chi connectivity index (χ0) is 31.9. The van der Waals surface area contributed by atoms with Crippen LogP contribution < -0.4 is 15.0 Å². The quantitative estimate of drug-likeness (QED) is 0.102. The molecule has 0 unspecified atom stereocenters. The number of ether oxygens (including phenoxy) is 1. The Morgan fingerprint density at radius 2 is 1.61 bits per heavy atom. The Bertz CT molecular complexity index is 1930. The molecule has 1 aliphatic rings. The molecule has 2 heterocycles. The lowest BCUT2D eigenvalue weighted by Crippen LogP contribution is -2.54. The predicted molar refractivity (Wildman–Crippen MR) is 161 cm³/mol. The van der Waals surface area contributed by atoms with Crippen LogP contribution in [0.5, 0.6) is 11.5 Å². The summed E-state index contributed by atoms with van der Waals surface area (Å²) >= 11 is 12.3. The van der Waals surface area contributed by atoms with Crippen molar-refractivity contribution in [3.05, 3.63) is 120 Å². The Hall–Kier alpha value is -5.53. The van der Waals surface area contributed by atoms with E-state index in [1.807, 2.05) is 11.5 Å². The number of aromatic nitrogens is 1. The lowest BCUT2D eigenvalue weighted by atomic mass is 10.1. The molecule has 0 aliphatic carbocycles. The van der Waals surface area contributed by atoms with Gasteiger partial charge in [-0.1, -0.05) is 29.3 Å². The number of barbiturate groups is 1. The fraction of sp³-hybridized carbons (Fsp3) is 0.0690. The fourth-order valence-corrected chi connectivity index (χ4v) is 5.05. The second-order valence-corrected chi connectivity index (χ2v) is 10.2. The van der Waals surface area contributed by atoms with E-state index in [1.54, 1.807) is 37.3 Å². The first kappa shape index (κ1) is 29.9. The van der Waals surface area contributed by atoms with Gasteiger partial charge in [-0.3, -0.25) is 35.1 Å². The Morgan fingerprint density at radius 3 is 2.27 bits per heavy atom. The largest absolute Gasteiger partial charge is 0.450 e. The molecule has 44 heavy (non-hydrogen) atoms. The molecule has 5 rings (SSSR count). The number of carbonyl (C=O) groups excluding carboxylic acids is 3. The number of hydrogen-bond donors (Lipinski definition) is 1. The van der Waals surface area contributed by atoms with Crippen LogP contribution in [0.3, 0.4) is 0 Å². The molecule has 0 radical (unpaired) electrons. The highest BCUT2D eigenvalue weighted by Crippen LogP contribution is 2.36. The van der Waals surface area contributed by atoms with E-state index in [2.05, 4.69) is 5.32 Å². The average molecular weight is 636 g/mol. The van der Waals surface area contributed by atoms with E-state index in [0.717, 1.165) is 28.8 Å². The first-order valence-electron chi connectivity index (χ1n) is 12.6. The molecule has 0 bridgehead atoms. The minimum atomic E-state index is -0.965. The van der Waals surface area contributed by atoms with Gasteiger partial charge in [0.1, 0.15) is 11.3 Å². The minimum Gasteiger partial charge on any atom is -0.450 e. The van der Waals surface area contributed by atoms with Crippen LogP contribution in [0, 0.1) is 34.1 Å². The highest BCUT2D eigenvalue weighted by Gasteiger charge is 2.38. The van der Waals surface area contributed by atoms with E-state index < -0.39 is 39.1 Å². The van der Waals surface area contributed by atoms with Gasteiger partial charge in [0.2, 0.25) is 5.75 Å². The third-order valence-electron chi connectivity index (χ3n) is 6.72. The first-order chi connectivity index (χ1) is 20.9. The van der Waals surface area contributed by atoms with Crippen LogP contribution in [0.25, 0.3) is 11.8 Å². The molecular formula is C29H19Cl2N5O8. The zero-order valence-corrected chi connectivity index (χ0v) is 24.3. The number of non-ortho nitro benzene ring substituents is 1. The van der Waals surface area contributed by atoms with Crippen LogP contribution in [0.1, 0.15) is 17.0 Å². The summed E-state index contributed by atoms with van der Waals surface area (Å²) in [7, 11) is 0. The van der Waals surface area contributed by atoms with Gasteiger partial charge in [-0.25, -0.2) is 9.69 Å². The van der Waals surface area contributed by atoms with E-state index in [0.29, 0.717) is 16.9 Å². The summed E-state index contributed by atoms with van der Waals surface area (Å²) in [5.41, 5.74) is 1.30. The molecule has 1 N–H and O–H groups in total. The number of rotatable bonds is 7. The van der Waals surface area contributed by atoms with E-state index in [4.69, 9.17) is 27.9 Å². The second-order valence-electron chi connectivity index (χ2n) is 9.45. The lowest BCUT2D eigenvalue weighted by molar-refractivity contribution is -0.394. The predicted octanol–water partition coefficient (Wildman–Crippen LogP) is 6.68. The molecule has 222 valence electrons. The topological polar surface area (TPSA) is 167 Å². The van der Waals surface area contributed by atoms with Gasteiger partial charge in [-0.05, 0) is 74.0 Å². The number of hydrogen-bond acceptors (Lipinski definition) is 8. The minimum absolute atomic E-state index is 0.0203. The van der Waals surface area contributed by atoms with Crippen LogP contribution in [0.2, 0.25) is 10.0 Å². The summed E-state index contributed by atoms with van der Waals surface area (Å²) in [6, 6.07) is 14.8. The van der Waals surface area contributed by atoms with Crippen LogP contribution >= 0.6 is 23.2 Å². The van der Waals surface area contributed by atoms with Crippen LogP contribution in [-0.2, 0) is 9.59 Å². The molecule has 4 aromatic rings. The molecule has 4 amide bonds. The number of amides is 4. The van der Waals surface area contributed by atoms with Crippen molar-refractivity contribution in [1.82, 2.24) is 9.88 Å². The number of nitro benzene ring substituents is 2. The summed E-state index contributed by atoms with van der Waals surface area (Å²) in [6.07, 6.45) is 1.37. The number of aryl methyl sites for hydroxylation is 1. The Labute approximate surface area is 258 Å². The zero-order valence-electron chi connectivity index (χ0n) is 22.7. The van der Waals surface area contributed by atoms with Gasteiger partial charge in [-0.2, -0.15) is 0 Å². The van der Waals surface area contributed by atoms with Gasteiger partial charge in [0, 0.05) is 23.1 Å². The second kappa shape index (κ2) is 11.6. The van der Waals surface area contributed by atoms with Crippen LogP contribution in [0.4, 0.5) is 21.9 Å². The van der Waals surface area contributed by atoms with Crippen LogP contribution in [-0.4, -0.2) is 32.3 Å². The normalized spacial score (nSPS) is 14.1. The molecule has 1 saturated heterocycles. The van der Waals surface area contributed by atoms with E-state index in [1.165, 1.54) is 24.3 Å².